The van der Waals surface area contributed by atoms with Crippen molar-refractivity contribution in [2.24, 2.45) is 11.8 Å². The number of aliphatic hydroxyl groups excluding tert-OH is 1. The summed E-state index contributed by atoms with van der Waals surface area (Å²) in [5.74, 6) is 7.98. The molecule has 0 radical (unpaired) electrons. The van der Waals surface area contributed by atoms with E-state index in [0.29, 0.717) is 11.7 Å². The summed E-state index contributed by atoms with van der Waals surface area (Å²) in [7, 11) is 0. The summed E-state index contributed by atoms with van der Waals surface area (Å²) in [6, 6.07) is 2.10. The van der Waals surface area contributed by atoms with E-state index in [0.717, 1.165) is 37.3 Å². The fourth-order valence-corrected chi connectivity index (χ4v) is 2.79. The number of aryl methyl sites for hydroxylation is 1. The lowest BCUT2D eigenvalue weighted by Crippen LogP contribution is -2.34. The van der Waals surface area contributed by atoms with Crippen LogP contribution in [0.15, 0.2) is 6.07 Å². The molecule has 1 aliphatic carbocycles. The molecule has 1 fully saturated rings. The zero-order chi connectivity index (χ0) is 14.4. The maximum Gasteiger partial charge on any atom is 0.145 e. The van der Waals surface area contributed by atoms with Crippen molar-refractivity contribution in [3.63, 3.8) is 0 Å². The van der Waals surface area contributed by atoms with Gasteiger partial charge >= 0.3 is 0 Å². The second kappa shape index (κ2) is 7.40. The lowest BCUT2D eigenvalue weighted by molar-refractivity contribution is 0.178. The molecule has 112 valence electrons. The van der Waals surface area contributed by atoms with Crippen LogP contribution in [0.3, 0.4) is 0 Å². The van der Waals surface area contributed by atoms with Crippen molar-refractivity contribution < 1.29 is 5.11 Å². The summed E-state index contributed by atoms with van der Waals surface area (Å²) in [6.07, 6.45) is 6.37. The fourth-order valence-electron chi connectivity index (χ4n) is 2.79. The van der Waals surface area contributed by atoms with Gasteiger partial charge < -0.3 is 15.8 Å². The van der Waals surface area contributed by atoms with Crippen LogP contribution in [0.25, 0.3) is 0 Å². The highest BCUT2D eigenvalue weighted by Gasteiger charge is 2.24. The van der Waals surface area contributed by atoms with Gasteiger partial charge in [0, 0.05) is 31.1 Å². The first-order valence-electron chi connectivity index (χ1n) is 7.48. The maximum atomic E-state index is 9.47. The topological polar surface area (TPSA) is 96.1 Å². The summed E-state index contributed by atoms with van der Waals surface area (Å²) in [5.41, 5.74) is 2.59. The number of aromatic nitrogens is 2. The SMILES string of the molecule is CCCc1nc(NN)cc(NC2CCCCC2CO)n1. The molecule has 0 aromatic carbocycles. The van der Waals surface area contributed by atoms with Crippen LogP contribution in [0.5, 0.6) is 0 Å². The first-order valence-corrected chi connectivity index (χ1v) is 7.48. The predicted molar refractivity (Wildman–Crippen MR) is 80.3 cm³/mol. The summed E-state index contributed by atoms with van der Waals surface area (Å²) in [5, 5.41) is 12.9. The van der Waals surface area contributed by atoms with Gasteiger partial charge in [-0.2, -0.15) is 0 Å². The van der Waals surface area contributed by atoms with Crippen LogP contribution in [0.4, 0.5) is 11.6 Å². The molecule has 5 N–H and O–H groups in total. The standard InChI is InChI=1S/C14H25N5O/c1-2-5-12-17-13(8-14(18-12)19-15)16-11-7-4-3-6-10(11)9-20/h8,10-11,20H,2-7,9,15H2,1H3,(H2,16,17,18,19). The number of aliphatic hydroxyl groups is 1. The molecule has 1 heterocycles. The van der Waals surface area contributed by atoms with Gasteiger partial charge in [-0.1, -0.05) is 19.8 Å². The molecule has 2 unspecified atom stereocenters. The van der Waals surface area contributed by atoms with Crippen molar-refractivity contribution in [2.75, 3.05) is 17.3 Å². The number of rotatable bonds is 6. The molecule has 0 bridgehead atoms. The molecule has 1 aromatic heterocycles. The van der Waals surface area contributed by atoms with E-state index in [2.05, 4.69) is 27.6 Å². The summed E-state index contributed by atoms with van der Waals surface area (Å²) in [6.45, 7) is 2.33. The van der Waals surface area contributed by atoms with E-state index in [1.807, 2.05) is 6.07 Å². The molecule has 2 atom stereocenters. The van der Waals surface area contributed by atoms with E-state index < -0.39 is 0 Å². The van der Waals surface area contributed by atoms with Gasteiger partial charge in [0.25, 0.3) is 0 Å². The first-order chi connectivity index (χ1) is 9.76. The Bertz CT molecular complexity index is 426. The van der Waals surface area contributed by atoms with Crippen LogP contribution in [-0.4, -0.2) is 27.7 Å². The molecule has 0 amide bonds. The van der Waals surface area contributed by atoms with Crippen molar-refractivity contribution in [3.05, 3.63) is 11.9 Å². The highest BCUT2D eigenvalue weighted by molar-refractivity contribution is 5.47. The number of nitrogen functional groups attached to an aromatic ring is 1. The Hall–Kier alpha value is -1.40. The smallest absolute Gasteiger partial charge is 0.145 e. The number of nitrogens with one attached hydrogen (secondary N) is 2. The van der Waals surface area contributed by atoms with Gasteiger partial charge in [-0.15, -0.1) is 0 Å². The molecule has 0 spiro atoms. The van der Waals surface area contributed by atoms with Crippen molar-refractivity contribution >= 4 is 11.6 Å². The van der Waals surface area contributed by atoms with Gasteiger partial charge in [-0.3, -0.25) is 0 Å². The number of hydrogen-bond donors (Lipinski definition) is 4. The lowest BCUT2D eigenvalue weighted by atomic mass is 9.85. The molecule has 6 nitrogen and oxygen atoms in total. The van der Waals surface area contributed by atoms with Crippen molar-refractivity contribution in [1.29, 1.82) is 0 Å². The monoisotopic (exact) mass is 279 g/mol. The molecule has 1 aromatic rings. The van der Waals surface area contributed by atoms with E-state index >= 15 is 0 Å². The third-order valence-electron chi connectivity index (χ3n) is 3.87. The zero-order valence-electron chi connectivity index (χ0n) is 12.1. The molecule has 0 saturated heterocycles. The number of nitrogens with zero attached hydrogens (tertiary/aromatic N) is 2. The Morgan fingerprint density at radius 3 is 2.75 bits per heavy atom. The molecule has 1 aliphatic rings. The second-order valence-electron chi connectivity index (χ2n) is 5.43. The van der Waals surface area contributed by atoms with Crippen LogP contribution in [-0.2, 0) is 6.42 Å². The largest absolute Gasteiger partial charge is 0.396 e. The molecule has 0 aliphatic heterocycles. The van der Waals surface area contributed by atoms with Gasteiger partial charge in [0.05, 0.1) is 0 Å². The van der Waals surface area contributed by atoms with Gasteiger partial charge in [0.2, 0.25) is 0 Å². The van der Waals surface area contributed by atoms with Crippen molar-refractivity contribution in [2.45, 2.75) is 51.5 Å². The minimum atomic E-state index is 0.229. The molecular formula is C14H25N5O. The Balaban J connectivity index is 2.12. The van der Waals surface area contributed by atoms with E-state index in [1.54, 1.807) is 0 Å². The second-order valence-corrected chi connectivity index (χ2v) is 5.43. The summed E-state index contributed by atoms with van der Waals surface area (Å²) < 4.78 is 0. The number of nitrogens with two attached hydrogens (primary N) is 1. The number of anilines is 2. The normalized spacial score (nSPS) is 22.6. The number of hydrogen-bond acceptors (Lipinski definition) is 6. The zero-order valence-corrected chi connectivity index (χ0v) is 12.1. The third kappa shape index (κ3) is 3.80. The minimum absolute atomic E-state index is 0.229. The van der Waals surface area contributed by atoms with Crippen LogP contribution in [0.2, 0.25) is 0 Å². The molecule has 20 heavy (non-hydrogen) atoms. The van der Waals surface area contributed by atoms with Gasteiger partial charge in [0.15, 0.2) is 0 Å². The summed E-state index contributed by atoms with van der Waals surface area (Å²) in [4.78, 5) is 8.87. The highest BCUT2D eigenvalue weighted by atomic mass is 16.3. The number of hydrazine groups is 1. The average molecular weight is 279 g/mol. The third-order valence-corrected chi connectivity index (χ3v) is 3.87. The molecular weight excluding hydrogens is 254 g/mol. The predicted octanol–water partition coefficient (Wildman–Crippen LogP) is 1.68. The first kappa shape index (κ1) is 15.0. The van der Waals surface area contributed by atoms with E-state index in [1.165, 1.54) is 12.8 Å². The van der Waals surface area contributed by atoms with Gasteiger partial charge in [-0.05, 0) is 19.3 Å². The van der Waals surface area contributed by atoms with Crippen molar-refractivity contribution in [3.8, 4) is 0 Å². The van der Waals surface area contributed by atoms with Gasteiger partial charge in [0.1, 0.15) is 17.5 Å². The van der Waals surface area contributed by atoms with Crippen LogP contribution in [0.1, 0.15) is 44.9 Å². The van der Waals surface area contributed by atoms with Crippen molar-refractivity contribution in [1.82, 2.24) is 9.97 Å². The highest BCUT2D eigenvalue weighted by Crippen LogP contribution is 2.27. The van der Waals surface area contributed by atoms with Crippen LogP contribution < -0.4 is 16.6 Å². The molecule has 1 saturated carbocycles. The lowest BCUT2D eigenvalue weighted by Gasteiger charge is -2.31. The van der Waals surface area contributed by atoms with E-state index in [-0.39, 0.29) is 12.6 Å². The Morgan fingerprint density at radius 2 is 2.05 bits per heavy atom. The van der Waals surface area contributed by atoms with Crippen LogP contribution >= 0.6 is 0 Å². The molecule has 2 rings (SSSR count). The quantitative estimate of drug-likeness (QED) is 0.467. The average Bonchev–Trinajstić information content (AvgIpc) is 2.48. The Labute approximate surface area is 120 Å². The van der Waals surface area contributed by atoms with E-state index in [4.69, 9.17) is 5.84 Å². The fraction of sp³-hybridized carbons (Fsp3) is 0.714. The summed E-state index contributed by atoms with van der Waals surface area (Å²) >= 11 is 0. The Kier molecular flexibility index (Phi) is 5.55. The Morgan fingerprint density at radius 1 is 1.30 bits per heavy atom. The molecule has 6 heteroatoms. The van der Waals surface area contributed by atoms with Gasteiger partial charge in [-0.25, -0.2) is 15.8 Å². The van der Waals surface area contributed by atoms with E-state index in [9.17, 15) is 5.11 Å². The minimum Gasteiger partial charge on any atom is -0.396 e. The maximum absolute atomic E-state index is 9.47. The van der Waals surface area contributed by atoms with Crippen LogP contribution in [0, 0.1) is 5.92 Å².